The van der Waals surface area contributed by atoms with Gasteiger partial charge >= 0.3 is 0 Å². The lowest BCUT2D eigenvalue weighted by atomic mass is 10.1. The van der Waals surface area contributed by atoms with Crippen LogP contribution in [0.15, 0.2) is 35.8 Å². The van der Waals surface area contributed by atoms with Crippen LogP contribution in [0.4, 0.5) is 11.4 Å². The van der Waals surface area contributed by atoms with E-state index < -0.39 is 0 Å². The van der Waals surface area contributed by atoms with Crippen molar-refractivity contribution in [3.8, 4) is 0 Å². The van der Waals surface area contributed by atoms with Gasteiger partial charge in [-0.1, -0.05) is 12.1 Å². The Morgan fingerprint density at radius 1 is 1.22 bits per heavy atom. The maximum absolute atomic E-state index is 3.57. The second kappa shape index (κ2) is 4.21. The van der Waals surface area contributed by atoms with Gasteiger partial charge in [-0.2, -0.15) is 0 Å². The summed E-state index contributed by atoms with van der Waals surface area (Å²) in [6.45, 7) is 5.17. The molecule has 0 saturated carbocycles. The molecule has 96 valence electrons. The van der Waals surface area contributed by atoms with Gasteiger partial charge in [0, 0.05) is 20.1 Å². The molecule has 0 aromatic heterocycles. The summed E-state index contributed by atoms with van der Waals surface area (Å²) >= 11 is 0. The molecule has 4 heteroatoms. The molecule has 0 spiro atoms. The molecule has 0 atom stereocenters. The zero-order valence-corrected chi connectivity index (χ0v) is 11.3. The van der Waals surface area contributed by atoms with Crippen LogP contribution in [0.25, 0.3) is 0 Å². The number of fused-ring (bicyclic) bond motifs is 1. The quantitative estimate of drug-likeness (QED) is 0.815. The van der Waals surface area contributed by atoms with Crippen LogP contribution in [0.3, 0.4) is 0 Å². The lowest BCUT2D eigenvalue weighted by molar-refractivity contribution is 0.202. The van der Waals surface area contributed by atoms with Crippen molar-refractivity contribution < 1.29 is 0 Å². The third kappa shape index (κ3) is 1.64. The minimum absolute atomic E-state index is 0.964. The average molecular weight is 244 g/mol. The number of nitrogens with zero attached hydrogens (tertiary/aromatic N) is 3. The monoisotopic (exact) mass is 244 g/mol. The van der Waals surface area contributed by atoms with E-state index in [0.717, 1.165) is 19.8 Å². The molecular formula is C14H20N4. The number of hydrogen-bond acceptors (Lipinski definition) is 4. The van der Waals surface area contributed by atoms with Crippen LogP contribution in [0.5, 0.6) is 0 Å². The van der Waals surface area contributed by atoms with E-state index in [4.69, 9.17) is 0 Å². The number of anilines is 2. The topological polar surface area (TPSA) is 21.8 Å². The Kier molecular flexibility index (Phi) is 2.67. The van der Waals surface area contributed by atoms with Gasteiger partial charge in [0.2, 0.25) is 0 Å². The van der Waals surface area contributed by atoms with E-state index in [2.05, 4.69) is 65.3 Å². The molecule has 0 saturated heterocycles. The standard InChI is InChI=1S/C14H20N4/c1-4-18-12-8-6-5-7-11(12)15-14-13(18)9-16(2)10-17(14)3/h5-8,15H,4,9-10H2,1-3H3. The molecule has 1 aromatic carbocycles. The fraction of sp³-hybridized carbons (Fsp3) is 0.429. The molecule has 0 radical (unpaired) electrons. The van der Waals surface area contributed by atoms with Crippen LogP contribution >= 0.6 is 0 Å². The average Bonchev–Trinajstić information content (AvgIpc) is 2.36. The molecule has 2 heterocycles. The third-order valence-electron chi connectivity index (χ3n) is 3.62. The highest BCUT2D eigenvalue weighted by Crippen LogP contribution is 2.36. The van der Waals surface area contributed by atoms with Gasteiger partial charge in [-0.3, -0.25) is 4.90 Å². The maximum atomic E-state index is 3.57. The van der Waals surface area contributed by atoms with Crippen molar-refractivity contribution in [1.82, 2.24) is 9.80 Å². The van der Waals surface area contributed by atoms with Crippen LogP contribution in [0.2, 0.25) is 0 Å². The van der Waals surface area contributed by atoms with Crippen molar-refractivity contribution in [2.75, 3.05) is 44.1 Å². The minimum atomic E-state index is 0.964. The number of likely N-dealkylation sites (N-methyl/N-ethyl adjacent to an activating group) is 2. The predicted octanol–water partition coefficient (Wildman–Crippen LogP) is 1.94. The lowest BCUT2D eigenvalue weighted by Gasteiger charge is -2.44. The highest BCUT2D eigenvalue weighted by atomic mass is 15.4. The van der Waals surface area contributed by atoms with Gasteiger partial charge in [0.15, 0.2) is 0 Å². The van der Waals surface area contributed by atoms with E-state index in [9.17, 15) is 0 Å². The zero-order valence-electron chi connectivity index (χ0n) is 11.3. The Morgan fingerprint density at radius 3 is 2.78 bits per heavy atom. The molecule has 3 rings (SSSR count). The van der Waals surface area contributed by atoms with E-state index in [1.54, 1.807) is 0 Å². The highest BCUT2D eigenvalue weighted by molar-refractivity contribution is 5.77. The summed E-state index contributed by atoms with van der Waals surface area (Å²) in [6.07, 6.45) is 0. The minimum Gasteiger partial charge on any atom is -0.347 e. The second-order valence-electron chi connectivity index (χ2n) is 5.04. The summed E-state index contributed by atoms with van der Waals surface area (Å²) in [4.78, 5) is 7.02. The third-order valence-corrected chi connectivity index (χ3v) is 3.62. The summed E-state index contributed by atoms with van der Waals surface area (Å²) in [6, 6.07) is 8.52. The van der Waals surface area contributed by atoms with Crippen molar-refractivity contribution in [2.45, 2.75) is 6.92 Å². The lowest BCUT2D eigenvalue weighted by Crippen LogP contribution is -2.48. The molecule has 18 heavy (non-hydrogen) atoms. The SMILES string of the molecule is CCN1C2=C(Nc3ccccc31)N(C)CN(C)C2. The number of benzene rings is 1. The molecule has 2 aliphatic rings. The summed E-state index contributed by atoms with van der Waals surface area (Å²) in [7, 11) is 4.30. The predicted molar refractivity (Wildman–Crippen MR) is 75.4 cm³/mol. The number of hydrogen-bond donors (Lipinski definition) is 1. The second-order valence-corrected chi connectivity index (χ2v) is 5.04. The van der Waals surface area contributed by atoms with Crippen LogP contribution in [-0.4, -0.2) is 43.7 Å². The molecular weight excluding hydrogens is 224 g/mol. The van der Waals surface area contributed by atoms with Crippen LogP contribution in [0.1, 0.15) is 6.92 Å². The number of para-hydroxylation sites is 2. The first kappa shape index (κ1) is 11.4. The Labute approximate surface area is 108 Å². The van der Waals surface area contributed by atoms with Crippen LogP contribution in [0, 0.1) is 0 Å². The summed E-state index contributed by atoms with van der Waals surface area (Å²) < 4.78 is 0. The zero-order chi connectivity index (χ0) is 12.7. The molecule has 0 unspecified atom stereocenters. The van der Waals surface area contributed by atoms with E-state index >= 15 is 0 Å². The van der Waals surface area contributed by atoms with E-state index in [1.807, 2.05) is 0 Å². The first-order chi connectivity index (χ1) is 8.70. The van der Waals surface area contributed by atoms with Crippen molar-refractivity contribution in [3.05, 3.63) is 35.8 Å². The van der Waals surface area contributed by atoms with Crippen LogP contribution < -0.4 is 10.2 Å². The fourth-order valence-corrected chi connectivity index (χ4v) is 2.86. The fourth-order valence-electron chi connectivity index (χ4n) is 2.86. The van der Waals surface area contributed by atoms with Gasteiger partial charge in [-0.15, -0.1) is 0 Å². The molecule has 0 fully saturated rings. The smallest absolute Gasteiger partial charge is 0.128 e. The van der Waals surface area contributed by atoms with Crippen molar-refractivity contribution >= 4 is 11.4 Å². The summed E-state index contributed by atoms with van der Waals surface area (Å²) in [5, 5.41) is 3.57. The molecule has 0 bridgehead atoms. The van der Waals surface area contributed by atoms with E-state index in [1.165, 1.54) is 22.9 Å². The number of nitrogens with one attached hydrogen (secondary N) is 1. The number of rotatable bonds is 1. The van der Waals surface area contributed by atoms with Crippen molar-refractivity contribution in [3.63, 3.8) is 0 Å². The van der Waals surface area contributed by atoms with Gasteiger partial charge < -0.3 is 15.1 Å². The van der Waals surface area contributed by atoms with E-state index in [-0.39, 0.29) is 0 Å². The van der Waals surface area contributed by atoms with Gasteiger partial charge in [0.05, 0.1) is 23.7 Å². The van der Waals surface area contributed by atoms with Gasteiger partial charge in [0.25, 0.3) is 0 Å². The van der Waals surface area contributed by atoms with E-state index in [0.29, 0.717) is 0 Å². The molecule has 0 aliphatic carbocycles. The molecule has 4 nitrogen and oxygen atoms in total. The normalized spacial score (nSPS) is 19.5. The Hall–Kier alpha value is -1.68. The first-order valence-corrected chi connectivity index (χ1v) is 6.47. The molecule has 1 N–H and O–H groups in total. The molecule has 0 amide bonds. The first-order valence-electron chi connectivity index (χ1n) is 6.47. The summed E-state index contributed by atoms with van der Waals surface area (Å²) in [5.74, 6) is 1.24. The molecule has 2 aliphatic heterocycles. The Morgan fingerprint density at radius 2 is 2.00 bits per heavy atom. The largest absolute Gasteiger partial charge is 0.347 e. The molecule has 1 aromatic rings. The summed E-state index contributed by atoms with van der Waals surface area (Å²) in [5.41, 5.74) is 3.85. The van der Waals surface area contributed by atoms with Gasteiger partial charge in [-0.05, 0) is 26.1 Å². The maximum Gasteiger partial charge on any atom is 0.128 e. The Balaban J connectivity index is 2.08. The van der Waals surface area contributed by atoms with Crippen molar-refractivity contribution in [2.24, 2.45) is 0 Å². The van der Waals surface area contributed by atoms with Crippen LogP contribution in [-0.2, 0) is 0 Å². The van der Waals surface area contributed by atoms with Gasteiger partial charge in [0.1, 0.15) is 5.82 Å². The highest BCUT2D eigenvalue weighted by Gasteiger charge is 2.29. The van der Waals surface area contributed by atoms with Gasteiger partial charge in [-0.25, -0.2) is 0 Å². The Bertz CT molecular complexity index is 494. The van der Waals surface area contributed by atoms with Crippen molar-refractivity contribution in [1.29, 1.82) is 0 Å².